The van der Waals surface area contributed by atoms with Gasteiger partial charge in [0.1, 0.15) is 5.65 Å². The summed E-state index contributed by atoms with van der Waals surface area (Å²) in [6, 6.07) is 21.5. The first-order valence-corrected chi connectivity index (χ1v) is 9.89. The second-order valence-electron chi connectivity index (χ2n) is 6.99. The smallest absolute Gasteiger partial charge is 0.291 e. The molecule has 1 amide bonds. The van der Waals surface area contributed by atoms with Crippen LogP contribution in [0, 0.1) is 6.92 Å². The van der Waals surface area contributed by atoms with Crippen molar-refractivity contribution in [3.63, 3.8) is 0 Å². The predicted octanol–water partition coefficient (Wildman–Crippen LogP) is 5.37. The number of fused-ring (bicyclic) bond motifs is 3. The lowest BCUT2D eigenvalue weighted by molar-refractivity contribution is 0.0950. The minimum atomic E-state index is -0.352. The summed E-state index contributed by atoms with van der Waals surface area (Å²) in [5.41, 5.74) is 5.35. The van der Waals surface area contributed by atoms with Crippen LogP contribution in [-0.2, 0) is 0 Å². The lowest BCUT2D eigenvalue weighted by Crippen LogP contribution is -2.19. The number of nitrogens with zero attached hydrogens (tertiary/aromatic N) is 3. The van der Waals surface area contributed by atoms with Gasteiger partial charge in [-0.3, -0.25) is 4.79 Å². The van der Waals surface area contributed by atoms with Crippen LogP contribution < -0.4 is 5.43 Å². The summed E-state index contributed by atoms with van der Waals surface area (Å²) in [6.45, 7) is 1.86. The molecule has 2 heterocycles. The van der Waals surface area contributed by atoms with E-state index >= 15 is 0 Å². The summed E-state index contributed by atoms with van der Waals surface area (Å²) < 4.78 is 1.87. The molecule has 2 aromatic heterocycles. The fourth-order valence-electron chi connectivity index (χ4n) is 3.79. The summed E-state index contributed by atoms with van der Waals surface area (Å²) >= 11 is 6.64. The van der Waals surface area contributed by atoms with Crippen LogP contribution in [0.1, 0.15) is 21.7 Å². The summed E-state index contributed by atoms with van der Waals surface area (Å²) in [5, 5.41) is 8.80. The molecule has 0 aliphatic heterocycles. The Hall–Kier alpha value is -3.70. The number of benzene rings is 3. The third kappa shape index (κ3) is 2.91. The third-order valence-electron chi connectivity index (χ3n) is 5.25. The number of hydrogen-bond acceptors (Lipinski definition) is 3. The van der Waals surface area contributed by atoms with Crippen LogP contribution in [0.5, 0.6) is 0 Å². The molecule has 0 saturated carbocycles. The quantitative estimate of drug-likeness (QED) is 0.246. The molecule has 0 unspecified atom stereocenters. The highest BCUT2D eigenvalue weighted by Gasteiger charge is 2.15. The van der Waals surface area contributed by atoms with Crippen LogP contribution in [-0.4, -0.2) is 21.5 Å². The largest absolute Gasteiger partial charge is 0.304 e. The number of carbonyl (C=O) groups is 1. The molecule has 0 radical (unpaired) electrons. The van der Waals surface area contributed by atoms with Gasteiger partial charge in [-0.2, -0.15) is 5.10 Å². The van der Waals surface area contributed by atoms with Crippen molar-refractivity contribution in [3.05, 3.63) is 94.9 Å². The molecule has 5 rings (SSSR count). The van der Waals surface area contributed by atoms with E-state index in [9.17, 15) is 4.79 Å². The van der Waals surface area contributed by atoms with E-state index in [1.54, 1.807) is 6.21 Å². The van der Waals surface area contributed by atoms with Gasteiger partial charge in [-0.1, -0.05) is 66.2 Å². The number of hydrazone groups is 1. The van der Waals surface area contributed by atoms with E-state index in [4.69, 9.17) is 11.6 Å². The van der Waals surface area contributed by atoms with Crippen LogP contribution >= 0.6 is 11.6 Å². The van der Waals surface area contributed by atoms with Gasteiger partial charge in [0.2, 0.25) is 0 Å². The number of aromatic nitrogens is 2. The first-order chi connectivity index (χ1) is 14.6. The highest BCUT2D eigenvalue weighted by Crippen LogP contribution is 2.35. The van der Waals surface area contributed by atoms with Crippen LogP contribution in [0.15, 0.2) is 78.0 Å². The van der Waals surface area contributed by atoms with E-state index in [0.29, 0.717) is 10.7 Å². The summed E-state index contributed by atoms with van der Waals surface area (Å²) in [6.07, 6.45) is 3.55. The Morgan fingerprint density at radius 1 is 0.967 bits per heavy atom. The SMILES string of the molecule is Cc1c(C(=O)NN=Cc2c3ccccc3c(Cl)c3ccccc23)nc2ccccn12. The number of imidazole rings is 1. The summed E-state index contributed by atoms with van der Waals surface area (Å²) in [7, 11) is 0. The van der Waals surface area contributed by atoms with Gasteiger partial charge in [-0.15, -0.1) is 0 Å². The molecule has 5 nitrogen and oxygen atoms in total. The van der Waals surface area contributed by atoms with E-state index in [0.717, 1.165) is 38.4 Å². The van der Waals surface area contributed by atoms with Gasteiger partial charge in [-0.05, 0) is 29.8 Å². The van der Waals surface area contributed by atoms with Crippen molar-refractivity contribution >= 4 is 50.9 Å². The van der Waals surface area contributed by atoms with E-state index in [1.807, 2.05) is 84.3 Å². The zero-order chi connectivity index (χ0) is 20.7. The van der Waals surface area contributed by atoms with Crippen molar-refractivity contribution in [2.75, 3.05) is 0 Å². The van der Waals surface area contributed by atoms with Crippen LogP contribution in [0.25, 0.3) is 27.2 Å². The van der Waals surface area contributed by atoms with E-state index in [2.05, 4.69) is 15.5 Å². The molecule has 0 aliphatic carbocycles. The molecule has 30 heavy (non-hydrogen) atoms. The van der Waals surface area contributed by atoms with Crippen molar-refractivity contribution in [1.29, 1.82) is 0 Å². The van der Waals surface area contributed by atoms with E-state index < -0.39 is 0 Å². The monoisotopic (exact) mass is 412 g/mol. The molecule has 3 aromatic carbocycles. The summed E-state index contributed by atoms with van der Waals surface area (Å²) in [4.78, 5) is 17.1. The number of pyridine rings is 1. The average Bonchev–Trinajstić information content (AvgIpc) is 3.13. The summed E-state index contributed by atoms with van der Waals surface area (Å²) in [5.74, 6) is -0.352. The maximum Gasteiger partial charge on any atom is 0.291 e. The number of halogens is 1. The Kier molecular flexibility index (Phi) is 4.45. The molecule has 0 spiro atoms. The van der Waals surface area contributed by atoms with Crippen molar-refractivity contribution in [1.82, 2.24) is 14.8 Å². The Morgan fingerprint density at radius 2 is 1.57 bits per heavy atom. The third-order valence-corrected chi connectivity index (χ3v) is 5.66. The van der Waals surface area contributed by atoms with E-state index in [-0.39, 0.29) is 5.91 Å². The van der Waals surface area contributed by atoms with Gasteiger partial charge in [0, 0.05) is 22.5 Å². The molecule has 0 atom stereocenters. The molecule has 1 N–H and O–H groups in total. The number of amides is 1. The minimum Gasteiger partial charge on any atom is -0.304 e. The highest BCUT2D eigenvalue weighted by molar-refractivity contribution is 6.42. The number of carbonyl (C=O) groups excluding carboxylic acids is 1. The van der Waals surface area contributed by atoms with Gasteiger partial charge in [-0.25, -0.2) is 10.4 Å². The number of hydrogen-bond donors (Lipinski definition) is 1. The molecule has 0 saturated heterocycles. The van der Waals surface area contributed by atoms with Crippen LogP contribution in [0.3, 0.4) is 0 Å². The van der Waals surface area contributed by atoms with Gasteiger partial charge >= 0.3 is 0 Å². The molecule has 0 fully saturated rings. The Bertz CT molecular complexity index is 1410. The fraction of sp³-hybridized carbons (Fsp3) is 0.0417. The maximum absolute atomic E-state index is 12.7. The lowest BCUT2D eigenvalue weighted by atomic mass is 9.97. The molecular formula is C24H17ClN4O. The van der Waals surface area contributed by atoms with Crippen molar-refractivity contribution < 1.29 is 4.79 Å². The van der Waals surface area contributed by atoms with Crippen molar-refractivity contribution in [3.8, 4) is 0 Å². The highest BCUT2D eigenvalue weighted by atomic mass is 35.5. The second kappa shape index (κ2) is 7.28. The van der Waals surface area contributed by atoms with Gasteiger partial charge < -0.3 is 4.40 Å². The zero-order valence-corrected chi connectivity index (χ0v) is 16.9. The first kappa shape index (κ1) is 18.3. The van der Waals surface area contributed by atoms with E-state index in [1.165, 1.54) is 0 Å². The van der Waals surface area contributed by atoms with Crippen molar-refractivity contribution in [2.24, 2.45) is 5.10 Å². The molecule has 5 aromatic rings. The van der Waals surface area contributed by atoms with Gasteiger partial charge in [0.25, 0.3) is 5.91 Å². The van der Waals surface area contributed by atoms with Gasteiger partial charge in [0.05, 0.1) is 16.9 Å². The predicted molar refractivity (Wildman–Crippen MR) is 121 cm³/mol. The lowest BCUT2D eigenvalue weighted by Gasteiger charge is -2.10. The topological polar surface area (TPSA) is 58.8 Å². The Morgan fingerprint density at radius 3 is 2.20 bits per heavy atom. The number of nitrogens with one attached hydrogen (secondary N) is 1. The number of rotatable bonds is 3. The van der Waals surface area contributed by atoms with Gasteiger partial charge in [0.15, 0.2) is 5.69 Å². The first-order valence-electron chi connectivity index (χ1n) is 9.51. The molecule has 0 aliphatic rings. The van der Waals surface area contributed by atoms with Crippen molar-refractivity contribution in [2.45, 2.75) is 6.92 Å². The fourth-order valence-corrected chi connectivity index (χ4v) is 4.12. The standard InChI is InChI=1S/C24H17ClN4O/c1-15-23(27-21-12-6-7-13-29(15)21)24(30)28-26-14-20-16-8-2-4-10-18(16)22(25)19-11-5-3-9-17(19)20/h2-14H,1H3,(H,28,30). The second-order valence-corrected chi connectivity index (χ2v) is 7.37. The molecular weight excluding hydrogens is 396 g/mol. The number of aryl methyl sites for hydroxylation is 1. The normalized spacial score (nSPS) is 11.7. The van der Waals surface area contributed by atoms with Crippen LogP contribution in [0.2, 0.25) is 5.02 Å². The zero-order valence-electron chi connectivity index (χ0n) is 16.1. The Labute approximate surface area is 177 Å². The molecule has 146 valence electrons. The molecule has 6 heteroatoms. The average molecular weight is 413 g/mol. The van der Waals surface area contributed by atoms with Crippen LogP contribution in [0.4, 0.5) is 0 Å². The maximum atomic E-state index is 12.7. The molecule has 0 bridgehead atoms. The Balaban J connectivity index is 1.54. The minimum absolute atomic E-state index is 0.351.